The molecule has 108 valence electrons. The van der Waals surface area contributed by atoms with Gasteiger partial charge < -0.3 is 15.1 Å². The molecule has 0 aromatic heterocycles. The first-order valence-corrected chi connectivity index (χ1v) is 7.61. The minimum atomic E-state index is 0.202. The van der Waals surface area contributed by atoms with Crippen LogP contribution < -0.4 is 4.90 Å². The molecule has 4 rings (SSSR count). The van der Waals surface area contributed by atoms with E-state index < -0.39 is 0 Å². The van der Waals surface area contributed by atoms with Crippen molar-refractivity contribution >= 4 is 5.69 Å². The average Bonchev–Trinajstić information content (AvgIpc) is 2.83. The summed E-state index contributed by atoms with van der Waals surface area (Å²) in [7, 11) is 0. The predicted molar refractivity (Wildman–Crippen MR) is 83.1 cm³/mol. The third-order valence-electron chi connectivity index (χ3n) is 4.85. The molecule has 0 fully saturated rings. The Morgan fingerprint density at radius 1 is 1.00 bits per heavy atom. The second kappa shape index (κ2) is 4.69. The predicted octanol–water partition coefficient (Wildman–Crippen LogP) is 4.22. The van der Waals surface area contributed by atoms with Crippen LogP contribution in [0.15, 0.2) is 64.8 Å². The number of aliphatic hydroxyl groups excluding tert-OH is 2. The van der Waals surface area contributed by atoms with E-state index in [0.717, 1.165) is 31.5 Å². The van der Waals surface area contributed by atoms with Gasteiger partial charge in [-0.3, -0.25) is 0 Å². The van der Waals surface area contributed by atoms with Gasteiger partial charge in [0.25, 0.3) is 0 Å². The lowest BCUT2D eigenvalue weighted by Crippen LogP contribution is -2.18. The van der Waals surface area contributed by atoms with E-state index in [2.05, 4.69) is 4.90 Å². The van der Waals surface area contributed by atoms with Gasteiger partial charge in [-0.1, -0.05) is 18.2 Å². The number of allylic oxidation sites excluding steroid dienone is 2. The average molecular weight is 281 g/mol. The van der Waals surface area contributed by atoms with Crippen LogP contribution in [0.1, 0.15) is 25.7 Å². The van der Waals surface area contributed by atoms with Gasteiger partial charge in [-0.15, -0.1) is 0 Å². The zero-order valence-corrected chi connectivity index (χ0v) is 11.9. The molecule has 0 saturated carbocycles. The third kappa shape index (κ3) is 1.96. The molecule has 1 aromatic carbocycles. The van der Waals surface area contributed by atoms with E-state index in [9.17, 15) is 10.2 Å². The fourth-order valence-corrected chi connectivity index (χ4v) is 3.88. The number of nitrogens with zero attached hydrogens (tertiary/aromatic N) is 1. The Labute approximate surface area is 124 Å². The monoisotopic (exact) mass is 281 g/mol. The van der Waals surface area contributed by atoms with Crippen LogP contribution in [-0.2, 0) is 0 Å². The molecule has 1 heterocycles. The first-order chi connectivity index (χ1) is 10.2. The lowest BCUT2D eigenvalue weighted by atomic mass is 9.83. The molecule has 0 bridgehead atoms. The fraction of sp³-hybridized carbons (Fsp3) is 0.333. The van der Waals surface area contributed by atoms with Gasteiger partial charge in [0.05, 0.1) is 5.57 Å². The quantitative estimate of drug-likeness (QED) is 0.810. The van der Waals surface area contributed by atoms with Crippen LogP contribution in [0.25, 0.3) is 0 Å². The summed E-state index contributed by atoms with van der Waals surface area (Å²) in [6.45, 7) is 0.802. The summed E-state index contributed by atoms with van der Waals surface area (Å²) in [6, 6.07) is 10.1. The molecule has 21 heavy (non-hydrogen) atoms. The Kier molecular flexibility index (Phi) is 2.81. The Morgan fingerprint density at radius 2 is 1.76 bits per heavy atom. The molecular formula is C18H19NO2. The number of para-hydroxylation sites is 1. The molecule has 0 spiro atoms. The van der Waals surface area contributed by atoms with Gasteiger partial charge in [-0.2, -0.15) is 0 Å². The first-order valence-electron chi connectivity index (χ1n) is 7.61. The number of benzene rings is 1. The van der Waals surface area contributed by atoms with Crippen molar-refractivity contribution in [2.24, 2.45) is 5.92 Å². The highest BCUT2D eigenvalue weighted by molar-refractivity contribution is 5.60. The lowest BCUT2D eigenvalue weighted by Gasteiger charge is -2.24. The topological polar surface area (TPSA) is 43.7 Å². The zero-order valence-electron chi connectivity index (χ0n) is 11.9. The van der Waals surface area contributed by atoms with Gasteiger partial charge in [0.2, 0.25) is 0 Å². The maximum absolute atomic E-state index is 10.5. The first kappa shape index (κ1) is 12.6. The minimum absolute atomic E-state index is 0.202. The largest absolute Gasteiger partial charge is 0.512 e. The fourth-order valence-electron chi connectivity index (χ4n) is 3.88. The Hall–Kier alpha value is -2.16. The van der Waals surface area contributed by atoms with E-state index in [1.807, 2.05) is 30.3 Å². The van der Waals surface area contributed by atoms with Gasteiger partial charge in [-0.05, 0) is 48.5 Å². The van der Waals surface area contributed by atoms with Crippen LogP contribution in [0.5, 0.6) is 0 Å². The molecule has 3 nitrogen and oxygen atoms in total. The van der Waals surface area contributed by atoms with E-state index in [1.54, 1.807) is 6.20 Å². The van der Waals surface area contributed by atoms with E-state index in [1.165, 1.54) is 11.1 Å². The lowest BCUT2D eigenvalue weighted by molar-refractivity contribution is 0.335. The molecule has 3 aliphatic rings. The molecule has 0 radical (unpaired) electrons. The maximum Gasteiger partial charge on any atom is 0.142 e. The molecule has 0 amide bonds. The molecule has 1 atom stereocenters. The molecule has 3 heteroatoms. The van der Waals surface area contributed by atoms with Gasteiger partial charge in [0.15, 0.2) is 0 Å². The van der Waals surface area contributed by atoms with Gasteiger partial charge >= 0.3 is 0 Å². The molecular weight excluding hydrogens is 262 g/mol. The second-order valence-corrected chi connectivity index (χ2v) is 6.09. The molecule has 1 aliphatic heterocycles. The van der Waals surface area contributed by atoms with Gasteiger partial charge in [-0.25, -0.2) is 0 Å². The van der Waals surface area contributed by atoms with Crippen LogP contribution in [0.4, 0.5) is 5.69 Å². The highest BCUT2D eigenvalue weighted by Crippen LogP contribution is 2.47. The van der Waals surface area contributed by atoms with Crippen molar-refractivity contribution in [3.05, 3.63) is 64.8 Å². The molecule has 2 aliphatic carbocycles. The zero-order chi connectivity index (χ0) is 14.4. The van der Waals surface area contributed by atoms with Crippen LogP contribution in [0.3, 0.4) is 0 Å². The van der Waals surface area contributed by atoms with E-state index in [-0.39, 0.29) is 5.76 Å². The van der Waals surface area contributed by atoms with Crippen LogP contribution in [0.2, 0.25) is 0 Å². The summed E-state index contributed by atoms with van der Waals surface area (Å²) >= 11 is 0. The summed E-state index contributed by atoms with van der Waals surface area (Å²) in [4.78, 5) is 2.08. The molecule has 0 saturated heterocycles. The Morgan fingerprint density at radius 3 is 2.57 bits per heavy atom. The van der Waals surface area contributed by atoms with Crippen LogP contribution >= 0.6 is 0 Å². The highest BCUT2D eigenvalue weighted by atomic mass is 16.3. The smallest absolute Gasteiger partial charge is 0.142 e. The van der Waals surface area contributed by atoms with Crippen molar-refractivity contribution in [3.63, 3.8) is 0 Å². The highest BCUT2D eigenvalue weighted by Gasteiger charge is 2.36. The van der Waals surface area contributed by atoms with Crippen LogP contribution in [-0.4, -0.2) is 16.8 Å². The summed E-state index contributed by atoms with van der Waals surface area (Å²) in [5.74, 6) is 1.06. The van der Waals surface area contributed by atoms with Gasteiger partial charge in [0, 0.05) is 24.9 Å². The molecule has 1 unspecified atom stereocenters. The number of hydrogen-bond acceptors (Lipinski definition) is 3. The SMILES string of the molecule is OC1=CN(c2ccccc2)CC2=C3C1=C(O)CCC3CC2. The van der Waals surface area contributed by atoms with Gasteiger partial charge in [0.1, 0.15) is 11.5 Å². The summed E-state index contributed by atoms with van der Waals surface area (Å²) < 4.78 is 0. The van der Waals surface area contributed by atoms with Crippen molar-refractivity contribution in [3.8, 4) is 0 Å². The standard InChI is InChI=1S/C18H19NO2/c20-15-9-8-12-6-7-13-10-19(14-4-2-1-3-5-14)11-16(21)18(15)17(12)13/h1-5,11-12,20-21H,6-10H2. The van der Waals surface area contributed by atoms with Crippen molar-refractivity contribution in [2.45, 2.75) is 25.7 Å². The van der Waals surface area contributed by atoms with Crippen molar-refractivity contribution in [2.75, 3.05) is 11.4 Å². The van der Waals surface area contributed by atoms with E-state index in [0.29, 0.717) is 23.7 Å². The van der Waals surface area contributed by atoms with E-state index in [4.69, 9.17) is 0 Å². The number of anilines is 1. The minimum Gasteiger partial charge on any atom is -0.512 e. The van der Waals surface area contributed by atoms with Crippen LogP contribution in [0, 0.1) is 5.92 Å². The number of hydrogen-bond donors (Lipinski definition) is 2. The summed E-state index contributed by atoms with van der Waals surface area (Å²) in [6.07, 6.45) is 5.67. The molecule has 2 N–H and O–H groups in total. The number of aliphatic hydroxyl groups is 2. The number of rotatable bonds is 1. The normalized spacial score (nSPS) is 24.9. The summed E-state index contributed by atoms with van der Waals surface area (Å²) in [5, 5.41) is 20.8. The maximum atomic E-state index is 10.5. The Bertz CT molecular complexity index is 670. The van der Waals surface area contributed by atoms with Crippen molar-refractivity contribution in [1.82, 2.24) is 0 Å². The van der Waals surface area contributed by atoms with Crippen molar-refractivity contribution < 1.29 is 10.2 Å². The van der Waals surface area contributed by atoms with E-state index >= 15 is 0 Å². The third-order valence-corrected chi connectivity index (χ3v) is 4.85. The Balaban J connectivity index is 1.84. The second-order valence-electron chi connectivity index (χ2n) is 6.09. The molecule has 1 aromatic rings. The van der Waals surface area contributed by atoms with Crippen molar-refractivity contribution in [1.29, 1.82) is 0 Å². The summed E-state index contributed by atoms with van der Waals surface area (Å²) in [5.41, 5.74) is 4.35.